The van der Waals surface area contributed by atoms with Gasteiger partial charge in [-0.25, -0.2) is 9.97 Å². The van der Waals surface area contributed by atoms with E-state index in [1.165, 1.54) is 0 Å². The van der Waals surface area contributed by atoms with Crippen molar-refractivity contribution in [2.24, 2.45) is 5.41 Å². The molecule has 0 aliphatic rings. The van der Waals surface area contributed by atoms with Crippen molar-refractivity contribution in [2.75, 3.05) is 5.32 Å². The molecule has 35 heavy (non-hydrogen) atoms. The second kappa shape index (κ2) is 8.68. The standard InChI is InChI=1S/C28H24N4O3/c1-28(2,27(34)35)16-17-7-9-19(10-8-17)25-30-22-13-11-20(15-23(22)31-25)26(33)32-24-14-12-18-5-3-4-6-21(18)29-24/h3-15H,16H2,1-2H3,(H,30,31)(H,34,35)(H,29,32,33). The van der Waals surface area contributed by atoms with E-state index in [2.05, 4.69) is 20.3 Å². The molecule has 0 atom stereocenters. The maximum absolute atomic E-state index is 12.8. The Bertz CT molecular complexity index is 1570. The Hall–Kier alpha value is -4.52. The second-order valence-corrected chi connectivity index (χ2v) is 9.22. The van der Waals surface area contributed by atoms with Crippen LogP contribution >= 0.6 is 0 Å². The lowest BCUT2D eigenvalue weighted by Gasteiger charge is -2.18. The lowest BCUT2D eigenvalue weighted by atomic mass is 9.86. The van der Waals surface area contributed by atoms with Crippen LogP contribution < -0.4 is 5.32 Å². The number of anilines is 1. The number of para-hydroxylation sites is 1. The van der Waals surface area contributed by atoms with Crippen LogP contribution in [0.1, 0.15) is 29.8 Å². The van der Waals surface area contributed by atoms with Gasteiger partial charge in [0.15, 0.2) is 0 Å². The number of fused-ring (bicyclic) bond motifs is 2. The van der Waals surface area contributed by atoms with Crippen molar-refractivity contribution in [3.8, 4) is 11.4 Å². The summed E-state index contributed by atoms with van der Waals surface area (Å²) in [6, 6.07) is 24.4. The number of H-pyrrole nitrogens is 1. The number of carbonyl (C=O) groups excluding carboxylic acids is 1. The number of nitrogens with zero attached hydrogens (tertiary/aromatic N) is 2. The summed E-state index contributed by atoms with van der Waals surface area (Å²) in [5.41, 5.74) is 3.79. The molecule has 0 fully saturated rings. The first kappa shape index (κ1) is 22.3. The van der Waals surface area contributed by atoms with Gasteiger partial charge in [0.2, 0.25) is 0 Å². The van der Waals surface area contributed by atoms with E-state index < -0.39 is 11.4 Å². The van der Waals surface area contributed by atoms with Gasteiger partial charge in [-0.3, -0.25) is 9.59 Å². The largest absolute Gasteiger partial charge is 0.481 e. The monoisotopic (exact) mass is 464 g/mol. The molecule has 3 N–H and O–H groups in total. The van der Waals surface area contributed by atoms with Gasteiger partial charge in [-0.05, 0) is 62.2 Å². The van der Waals surface area contributed by atoms with Crippen molar-refractivity contribution >= 4 is 39.6 Å². The molecular weight excluding hydrogens is 440 g/mol. The van der Waals surface area contributed by atoms with Crippen LogP contribution in [0.15, 0.2) is 78.9 Å². The first-order chi connectivity index (χ1) is 16.8. The van der Waals surface area contributed by atoms with E-state index in [9.17, 15) is 14.7 Å². The number of carboxylic acid groups (broad SMARTS) is 1. The van der Waals surface area contributed by atoms with Crippen LogP contribution in [0.5, 0.6) is 0 Å². The Morgan fingerprint density at radius 2 is 1.69 bits per heavy atom. The molecule has 5 aromatic rings. The molecule has 7 nitrogen and oxygen atoms in total. The molecule has 1 amide bonds. The first-order valence-electron chi connectivity index (χ1n) is 11.3. The smallest absolute Gasteiger partial charge is 0.309 e. The minimum atomic E-state index is -0.833. The van der Waals surface area contributed by atoms with Gasteiger partial charge in [0.05, 0.1) is 22.0 Å². The molecule has 0 aliphatic heterocycles. The summed E-state index contributed by atoms with van der Waals surface area (Å²) in [5, 5.41) is 13.2. The van der Waals surface area contributed by atoms with Gasteiger partial charge in [0.1, 0.15) is 11.6 Å². The van der Waals surface area contributed by atoms with Gasteiger partial charge < -0.3 is 15.4 Å². The number of nitrogens with one attached hydrogen (secondary N) is 2. The molecule has 174 valence electrons. The van der Waals surface area contributed by atoms with Crippen molar-refractivity contribution < 1.29 is 14.7 Å². The molecule has 0 unspecified atom stereocenters. The summed E-state index contributed by atoms with van der Waals surface area (Å²) in [5.74, 6) is 0.0920. The Labute approximate surface area is 201 Å². The molecular formula is C28H24N4O3. The number of benzene rings is 3. The van der Waals surface area contributed by atoms with Gasteiger partial charge >= 0.3 is 5.97 Å². The highest BCUT2D eigenvalue weighted by Gasteiger charge is 2.27. The van der Waals surface area contributed by atoms with Crippen LogP contribution in [-0.2, 0) is 11.2 Å². The number of amides is 1. The number of carboxylic acids is 1. The third kappa shape index (κ3) is 4.61. The van der Waals surface area contributed by atoms with E-state index >= 15 is 0 Å². The molecule has 2 aromatic heterocycles. The summed E-state index contributed by atoms with van der Waals surface area (Å²) < 4.78 is 0. The van der Waals surface area contributed by atoms with Crippen LogP contribution in [0.3, 0.4) is 0 Å². The topological polar surface area (TPSA) is 108 Å². The van der Waals surface area contributed by atoms with Crippen LogP contribution in [0.2, 0.25) is 0 Å². The van der Waals surface area contributed by atoms with E-state index in [1.54, 1.807) is 32.0 Å². The molecule has 0 saturated carbocycles. The van der Waals surface area contributed by atoms with Crippen LogP contribution in [0.4, 0.5) is 5.82 Å². The number of imidazole rings is 1. The lowest BCUT2D eigenvalue weighted by molar-refractivity contribution is -0.146. The first-order valence-corrected chi connectivity index (χ1v) is 11.3. The van der Waals surface area contributed by atoms with E-state index in [1.807, 2.05) is 60.7 Å². The average Bonchev–Trinajstić information content (AvgIpc) is 3.27. The fraction of sp³-hybridized carbons (Fsp3) is 0.143. The number of rotatable bonds is 6. The van der Waals surface area contributed by atoms with Gasteiger partial charge in [0, 0.05) is 16.5 Å². The van der Waals surface area contributed by atoms with E-state index in [0.717, 1.165) is 33.1 Å². The highest BCUT2D eigenvalue weighted by Crippen LogP contribution is 2.26. The molecule has 0 aliphatic carbocycles. The average molecular weight is 465 g/mol. The molecule has 0 saturated heterocycles. The minimum Gasteiger partial charge on any atom is -0.481 e. The van der Waals surface area contributed by atoms with Gasteiger partial charge in [-0.2, -0.15) is 0 Å². The highest BCUT2D eigenvalue weighted by molar-refractivity contribution is 6.06. The molecule has 2 heterocycles. The molecule has 0 bridgehead atoms. The molecule has 5 rings (SSSR count). The number of aromatic nitrogens is 3. The maximum atomic E-state index is 12.8. The SMILES string of the molecule is CC(C)(Cc1ccc(-c2nc3ccc(C(=O)Nc4ccc5ccccc5n4)cc3[nH]2)cc1)C(=O)O. The van der Waals surface area contributed by atoms with Crippen molar-refractivity contribution in [3.05, 3.63) is 90.0 Å². The molecule has 0 radical (unpaired) electrons. The number of aliphatic carboxylic acids is 1. The Morgan fingerprint density at radius 3 is 2.46 bits per heavy atom. The third-order valence-electron chi connectivity index (χ3n) is 6.04. The van der Waals surface area contributed by atoms with Gasteiger partial charge in [-0.1, -0.05) is 42.5 Å². The number of carbonyl (C=O) groups is 2. The predicted molar refractivity (Wildman–Crippen MR) is 136 cm³/mol. The van der Waals surface area contributed by atoms with E-state index in [0.29, 0.717) is 23.6 Å². The number of hydrogen-bond acceptors (Lipinski definition) is 4. The summed E-state index contributed by atoms with van der Waals surface area (Å²) in [4.78, 5) is 36.7. The van der Waals surface area contributed by atoms with Crippen LogP contribution in [0, 0.1) is 5.41 Å². The van der Waals surface area contributed by atoms with Crippen LogP contribution in [-0.4, -0.2) is 31.9 Å². The molecule has 3 aromatic carbocycles. The van der Waals surface area contributed by atoms with Gasteiger partial charge in [0.25, 0.3) is 5.91 Å². The Kier molecular flexibility index (Phi) is 5.53. The summed E-state index contributed by atoms with van der Waals surface area (Å²) >= 11 is 0. The number of aromatic amines is 1. The minimum absolute atomic E-state index is 0.253. The van der Waals surface area contributed by atoms with Crippen molar-refractivity contribution in [2.45, 2.75) is 20.3 Å². The lowest BCUT2D eigenvalue weighted by Crippen LogP contribution is -2.26. The summed E-state index contributed by atoms with van der Waals surface area (Å²) in [7, 11) is 0. The Balaban J connectivity index is 1.35. The normalized spacial score (nSPS) is 11.6. The zero-order chi connectivity index (χ0) is 24.6. The van der Waals surface area contributed by atoms with E-state index in [4.69, 9.17) is 0 Å². The van der Waals surface area contributed by atoms with Crippen molar-refractivity contribution in [3.63, 3.8) is 0 Å². The summed E-state index contributed by atoms with van der Waals surface area (Å²) in [6.07, 6.45) is 0.438. The maximum Gasteiger partial charge on any atom is 0.309 e. The fourth-order valence-corrected chi connectivity index (χ4v) is 3.98. The Morgan fingerprint density at radius 1 is 0.914 bits per heavy atom. The molecule has 0 spiro atoms. The van der Waals surface area contributed by atoms with E-state index in [-0.39, 0.29) is 5.91 Å². The number of pyridine rings is 1. The third-order valence-corrected chi connectivity index (χ3v) is 6.04. The second-order valence-electron chi connectivity index (χ2n) is 9.22. The molecule has 7 heteroatoms. The zero-order valence-electron chi connectivity index (χ0n) is 19.4. The zero-order valence-corrected chi connectivity index (χ0v) is 19.4. The predicted octanol–water partition coefficient (Wildman–Crippen LogP) is 5.68. The highest BCUT2D eigenvalue weighted by atomic mass is 16.4. The van der Waals surface area contributed by atoms with Gasteiger partial charge in [-0.15, -0.1) is 0 Å². The fourth-order valence-electron chi connectivity index (χ4n) is 3.98. The van der Waals surface area contributed by atoms with Crippen molar-refractivity contribution in [1.82, 2.24) is 15.0 Å². The van der Waals surface area contributed by atoms with Crippen LogP contribution in [0.25, 0.3) is 33.3 Å². The quantitative estimate of drug-likeness (QED) is 0.299. The number of hydrogen-bond donors (Lipinski definition) is 3. The summed E-state index contributed by atoms with van der Waals surface area (Å²) in [6.45, 7) is 3.43. The van der Waals surface area contributed by atoms with Crippen molar-refractivity contribution in [1.29, 1.82) is 0 Å².